The third-order valence-corrected chi connectivity index (χ3v) is 6.84. The quantitative estimate of drug-likeness (QED) is 0.176. The van der Waals surface area contributed by atoms with E-state index in [9.17, 15) is 0 Å². The van der Waals surface area contributed by atoms with Crippen molar-refractivity contribution >= 4 is 11.0 Å². The van der Waals surface area contributed by atoms with Gasteiger partial charge in [-0.05, 0) is 37.6 Å². The summed E-state index contributed by atoms with van der Waals surface area (Å²) in [6.45, 7) is 5.41. The van der Waals surface area contributed by atoms with Gasteiger partial charge in [-0.2, -0.15) is 0 Å². The van der Waals surface area contributed by atoms with Gasteiger partial charge < -0.3 is 9.30 Å². The first kappa shape index (κ1) is 26.3. The maximum Gasteiger partial charge on any atom is 0.153 e. The third kappa shape index (κ3) is 8.81. The zero-order valence-corrected chi connectivity index (χ0v) is 21.7. The molecule has 1 atom stereocenters. The standard InChI is InChI=1S/C31H46N2O/c1-3-4-5-6-7-8-9-10-11-12-13-14-15-21-26-33-30-25-20-19-24-29(30)32-31(33)27(2)34-28-22-17-16-18-23-28/h16-20,22-25,27H,3-15,21,26H2,1-2H3. The first-order valence-corrected chi connectivity index (χ1v) is 14.0. The van der Waals surface area contributed by atoms with E-state index >= 15 is 0 Å². The van der Waals surface area contributed by atoms with Crippen LogP contribution in [0.5, 0.6) is 5.75 Å². The number of unbranched alkanes of at least 4 members (excludes halogenated alkanes) is 13. The Morgan fingerprint density at radius 3 is 1.82 bits per heavy atom. The molecule has 1 heterocycles. The minimum absolute atomic E-state index is 0.0820. The summed E-state index contributed by atoms with van der Waals surface area (Å²) >= 11 is 0. The van der Waals surface area contributed by atoms with Crippen molar-refractivity contribution in [2.75, 3.05) is 0 Å². The highest BCUT2D eigenvalue weighted by molar-refractivity contribution is 5.76. The highest BCUT2D eigenvalue weighted by Gasteiger charge is 2.17. The van der Waals surface area contributed by atoms with Crippen LogP contribution in [0.25, 0.3) is 11.0 Å². The molecule has 3 aromatic rings. The van der Waals surface area contributed by atoms with Crippen molar-refractivity contribution in [3.63, 3.8) is 0 Å². The van der Waals surface area contributed by atoms with Crippen LogP contribution in [0, 0.1) is 0 Å². The topological polar surface area (TPSA) is 27.1 Å². The molecule has 0 fully saturated rings. The molecule has 0 radical (unpaired) electrons. The summed E-state index contributed by atoms with van der Waals surface area (Å²) < 4.78 is 8.59. The molecular weight excluding hydrogens is 416 g/mol. The van der Waals surface area contributed by atoms with Gasteiger partial charge in [-0.3, -0.25) is 0 Å². The van der Waals surface area contributed by atoms with Gasteiger partial charge in [-0.15, -0.1) is 0 Å². The second-order valence-electron chi connectivity index (χ2n) is 9.78. The second-order valence-corrected chi connectivity index (χ2v) is 9.78. The molecule has 0 N–H and O–H groups in total. The Kier molecular flexibility index (Phi) is 12.1. The number of aromatic nitrogens is 2. The number of imidazole rings is 1. The van der Waals surface area contributed by atoms with Crippen LogP contribution in [0.3, 0.4) is 0 Å². The number of nitrogens with zero attached hydrogens (tertiary/aromatic N) is 2. The summed E-state index contributed by atoms with van der Waals surface area (Å²) in [4.78, 5) is 4.93. The molecule has 0 spiro atoms. The summed E-state index contributed by atoms with van der Waals surface area (Å²) in [5.41, 5.74) is 2.28. The highest BCUT2D eigenvalue weighted by Crippen LogP contribution is 2.26. The molecule has 3 heteroatoms. The monoisotopic (exact) mass is 462 g/mol. The fourth-order valence-corrected chi connectivity index (χ4v) is 4.86. The lowest BCUT2D eigenvalue weighted by atomic mass is 10.0. The highest BCUT2D eigenvalue weighted by atomic mass is 16.5. The van der Waals surface area contributed by atoms with Crippen LogP contribution in [0.1, 0.15) is 116 Å². The maximum atomic E-state index is 6.21. The van der Waals surface area contributed by atoms with E-state index in [1.54, 1.807) is 0 Å². The average Bonchev–Trinajstić information content (AvgIpc) is 3.23. The third-order valence-electron chi connectivity index (χ3n) is 6.84. The Labute approximate surface area is 207 Å². The van der Waals surface area contributed by atoms with Gasteiger partial charge in [0.2, 0.25) is 0 Å². The van der Waals surface area contributed by atoms with Crippen LogP contribution < -0.4 is 4.74 Å². The number of para-hydroxylation sites is 3. The van der Waals surface area contributed by atoms with Crippen molar-refractivity contribution in [1.82, 2.24) is 9.55 Å². The summed E-state index contributed by atoms with van der Waals surface area (Å²) in [6, 6.07) is 18.5. The number of benzene rings is 2. The SMILES string of the molecule is CCCCCCCCCCCCCCCCn1c(C(C)Oc2ccccc2)nc2ccccc21. The van der Waals surface area contributed by atoms with Crippen LogP contribution in [0.15, 0.2) is 54.6 Å². The van der Waals surface area contributed by atoms with Crippen molar-refractivity contribution in [3.05, 3.63) is 60.4 Å². The molecule has 2 aromatic carbocycles. The molecule has 0 bridgehead atoms. The van der Waals surface area contributed by atoms with E-state index in [2.05, 4.69) is 42.7 Å². The molecule has 186 valence electrons. The summed E-state index contributed by atoms with van der Waals surface area (Å²) in [5.74, 6) is 1.92. The number of hydrogen-bond acceptors (Lipinski definition) is 2. The summed E-state index contributed by atoms with van der Waals surface area (Å²) in [6.07, 6.45) is 19.3. The normalized spacial score (nSPS) is 12.3. The zero-order valence-electron chi connectivity index (χ0n) is 21.7. The van der Waals surface area contributed by atoms with Crippen LogP contribution in [-0.2, 0) is 6.54 Å². The largest absolute Gasteiger partial charge is 0.483 e. The Morgan fingerprint density at radius 1 is 0.676 bits per heavy atom. The van der Waals surface area contributed by atoms with E-state index in [0.29, 0.717) is 0 Å². The number of aryl methyl sites for hydroxylation is 1. The molecule has 34 heavy (non-hydrogen) atoms. The minimum atomic E-state index is -0.0820. The van der Waals surface area contributed by atoms with E-state index in [1.807, 2.05) is 30.3 Å². The van der Waals surface area contributed by atoms with Gasteiger partial charge in [0.25, 0.3) is 0 Å². The number of fused-ring (bicyclic) bond motifs is 1. The van der Waals surface area contributed by atoms with Gasteiger partial charge in [0.05, 0.1) is 11.0 Å². The predicted octanol–water partition coefficient (Wildman–Crippen LogP) is 9.66. The fraction of sp³-hybridized carbons (Fsp3) is 0.581. The van der Waals surface area contributed by atoms with E-state index in [-0.39, 0.29) is 6.10 Å². The van der Waals surface area contributed by atoms with Gasteiger partial charge >= 0.3 is 0 Å². The summed E-state index contributed by atoms with van der Waals surface area (Å²) in [5, 5.41) is 0. The molecule has 3 nitrogen and oxygen atoms in total. The predicted molar refractivity (Wildman–Crippen MR) is 146 cm³/mol. The lowest BCUT2D eigenvalue weighted by Gasteiger charge is -2.17. The lowest BCUT2D eigenvalue weighted by molar-refractivity contribution is 0.211. The van der Waals surface area contributed by atoms with Gasteiger partial charge in [0, 0.05) is 6.54 Å². The fourth-order valence-electron chi connectivity index (χ4n) is 4.86. The van der Waals surface area contributed by atoms with Gasteiger partial charge in [0.15, 0.2) is 11.9 Å². The smallest absolute Gasteiger partial charge is 0.153 e. The van der Waals surface area contributed by atoms with Crippen molar-refractivity contribution in [2.45, 2.75) is 116 Å². The molecule has 3 rings (SSSR count). The molecule has 0 aliphatic rings. The molecule has 0 aliphatic heterocycles. The van der Waals surface area contributed by atoms with Crippen LogP contribution in [0.2, 0.25) is 0 Å². The van der Waals surface area contributed by atoms with Gasteiger partial charge in [0.1, 0.15) is 5.75 Å². The van der Waals surface area contributed by atoms with Crippen LogP contribution in [0.4, 0.5) is 0 Å². The van der Waals surface area contributed by atoms with Crippen LogP contribution in [-0.4, -0.2) is 9.55 Å². The second kappa shape index (κ2) is 15.6. The van der Waals surface area contributed by atoms with Crippen molar-refractivity contribution in [1.29, 1.82) is 0 Å². The molecule has 0 amide bonds. The first-order valence-electron chi connectivity index (χ1n) is 14.0. The molecule has 1 unspecified atom stereocenters. The minimum Gasteiger partial charge on any atom is -0.483 e. The Bertz CT molecular complexity index is 918. The van der Waals surface area contributed by atoms with Gasteiger partial charge in [-0.25, -0.2) is 4.98 Å². The van der Waals surface area contributed by atoms with E-state index in [4.69, 9.17) is 9.72 Å². The van der Waals surface area contributed by atoms with E-state index in [0.717, 1.165) is 23.6 Å². The Morgan fingerprint density at radius 2 is 1.21 bits per heavy atom. The lowest BCUT2D eigenvalue weighted by Crippen LogP contribution is -2.12. The van der Waals surface area contributed by atoms with Crippen molar-refractivity contribution < 1.29 is 4.74 Å². The average molecular weight is 463 g/mol. The number of rotatable bonds is 18. The van der Waals surface area contributed by atoms with Crippen molar-refractivity contribution in [3.8, 4) is 5.75 Å². The molecule has 1 aromatic heterocycles. The Hall–Kier alpha value is -2.29. The van der Waals surface area contributed by atoms with E-state index < -0.39 is 0 Å². The molecule has 0 aliphatic carbocycles. The molecule has 0 saturated carbocycles. The number of ether oxygens (including phenoxy) is 1. The maximum absolute atomic E-state index is 6.21. The van der Waals surface area contributed by atoms with Crippen LogP contribution >= 0.6 is 0 Å². The molecular formula is C31H46N2O. The van der Waals surface area contributed by atoms with E-state index in [1.165, 1.54) is 95.4 Å². The first-order chi connectivity index (χ1) is 16.8. The van der Waals surface area contributed by atoms with Crippen molar-refractivity contribution in [2.24, 2.45) is 0 Å². The Balaban J connectivity index is 1.36. The summed E-state index contributed by atoms with van der Waals surface area (Å²) in [7, 11) is 0. The number of hydrogen-bond donors (Lipinski definition) is 0. The molecule has 0 saturated heterocycles. The van der Waals surface area contributed by atoms with Gasteiger partial charge in [-0.1, -0.05) is 121 Å². The zero-order chi connectivity index (χ0) is 23.8.